The van der Waals surface area contributed by atoms with Crippen molar-refractivity contribution in [3.8, 4) is 5.75 Å². The number of Topliss-reactive ketones (excluding diaryl/α,β-unsaturated/α-hetero) is 1. The molecule has 6 aliphatic rings. The number of hydrogen-bond acceptors (Lipinski definition) is 4. The van der Waals surface area contributed by atoms with Gasteiger partial charge in [-0.15, -0.1) is 0 Å². The summed E-state index contributed by atoms with van der Waals surface area (Å²) in [6.45, 7) is 9.78. The molecule has 3 aromatic carbocycles. The minimum absolute atomic E-state index is 0.0364. The maximum absolute atomic E-state index is 13.5. The Morgan fingerprint density at radius 3 is 2.27 bits per heavy atom. The summed E-state index contributed by atoms with van der Waals surface area (Å²) in [5.74, 6) is 4.07. The smallest absolute Gasteiger partial charge is 0.170 e. The second kappa shape index (κ2) is 12.3. The minimum Gasteiger partial charge on any atom is -0.496 e. The summed E-state index contributed by atoms with van der Waals surface area (Å²) in [4.78, 5) is 18.2. The van der Waals surface area contributed by atoms with Crippen LogP contribution in [0.4, 0.5) is 11.4 Å². The molecule has 4 heteroatoms. The summed E-state index contributed by atoms with van der Waals surface area (Å²) in [5, 5.41) is 0. The summed E-state index contributed by atoms with van der Waals surface area (Å²) >= 11 is 1.68. The molecular weight excluding hydrogens is 607 g/mol. The van der Waals surface area contributed by atoms with E-state index in [-0.39, 0.29) is 11.2 Å². The zero-order chi connectivity index (χ0) is 33.2. The number of anilines is 2. The molecule has 0 aromatic heterocycles. The monoisotopic (exact) mass is 657 g/mol. The van der Waals surface area contributed by atoms with Gasteiger partial charge in [0.2, 0.25) is 0 Å². The van der Waals surface area contributed by atoms with E-state index in [4.69, 9.17) is 4.74 Å². The molecule has 250 valence electrons. The predicted octanol–water partition coefficient (Wildman–Crippen LogP) is 11.3. The Kier molecular flexibility index (Phi) is 8.18. The van der Waals surface area contributed by atoms with Gasteiger partial charge in [-0.3, -0.25) is 4.79 Å². The van der Waals surface area contributed by atoms with Gasteiger partial charge in [-0.2, -0.15) is 0 Å². The van der Waals surface area contributed by atoms with Crippen molar-refractivity contribution in [2.45, 2.75) is 102 Å². The van der Waals surface area contributed by atoms with Crippen LogP contribution in [0.3, 0.4) is 0 Å². The average Bonchev–Trinajstić information content (AvgIpc) is 3.04. The third-order valence-corrected chi connectivity index (χ3v) is 13.8. The van der Waals surface area contributed by atoms with Crippen LogP contribution in [-0.4, -0.2) is 19.4 Å². The number of methoxy groups -OCH3 is 1. The van der Waals surface area contributed by atoms with Gasteiger partial charge in [0.05, 0.1) is 12.0 Å². The molecule has 1 heterocycles. The number of ketones is 1. The van der Waals surface area contributed by atoms with Crippen LogP contribution < -0.4 is 9.64 Å². The fourth-order valence-corrected chi connectivity index (χ4v) is 11.7. The third kappa shape index (κ3) is 5.86. The van der Waals surface area contributed by atoms with Gasteiger partial charge < -0.3 is 9.64 Å². The number of allylic oxidation sites excluding steroid dienone is 3. The van der Waals surface area contributed by atoms with Crippen molar-refractivity contribution in [1.82, 2.24) is 0 Å². The summed E-state index contributed by atoms with van der Waals surface area (Å²) < 4.78 is 6.06. The first kappa shape index (κ1) is 32.0. The Morgan fingerprint density at radius 1 is 0.875 bits per heavy atom. The van der Waals surface area contributed by atoms with Crippen LogP contribution in [0, 0.1) is 37.0 Å². The lowest BCUT2D eigenvalue weighted by atomic mass is 9.48. The lowest BCUT2D eigenvalue weighted by Gasteiger charge is -2.57. The predicted molar refractivity (Wildman–Crippen MR) is 200 cm³/mol. The number of nitrogens with zero attached hydrogens (tertiary/aromatic N) is 1. The molecule has 5 aliphatic carbocycles. The number of fused-ring (bicyclic) bond motifs is 1. The molecule has 1 aliphatic heterocycles. The summed E-state index contributed by atoms with van der Waals surface area (Å²) in [7, 11) is 1.86. The lowest BCUT2D eigenvalue weighted by molar-refractivity contribution is -0.117. The van der Waals surface area contributed by atoms with Gasteiger partial charge in [0.15, 0.2) is 5.78 Å². The first-order valence-corrected chi connectivity index (χ1v) is 19.2. The van der Waals surface area contributed by atoms with Crippen LogP contribution in [0.15, 0.2) is 76.0 Å². The Hall–Kier alpha value is -3.24. The van der Waals surface area contributed by atoms with E-state index in [0.717, 1.165) is 54.2 Å². The molecule has 4 fully saturated rings. The average molecular weight is 658 g/mol. The molecule has 9 rings (SSSR count). The SMILES string of the molecule is COc1ccc(N2CCCc3cc(/C=C/C4=C(Sc5c(C)cccc5C)C(=O)CC(C)(C)C4)ccc32)cc1C12CC3CC(CC(C3)C1)C2. The number of aryl methyl sites for hydroxylation is 3. The second-order valence-corrected chi connectivity index (χ2v) is 17.7. The van der Waals surface area contributed by atoms with Crippen molar-refractivity contribution in [3.05, 3.63) is 99.0 Å². The molecule has 48 heavy (non-hydrogen) atoms. The fraction of sp³-hybridized carbons (Fsp3) is 0.477. The van der Waals surface area contributed by atoms with Gasteiger partial charge in [0, 0.05) is 34.8 Å². The molecule has 0 unspecified atom stereocenters. The number of carbonyl (C=O) groups is 1. The summed E-state index contributed by atoms with van der Waals surface area (Å²) in [6.07, 6.45) is 16.6. The third-order valence-electron chi connectivity index (χ3n) is 12.3. The van der Waals surface area contributed by atoms with E-state index in [2.05, 4.69) is 99.3 Å². The number of thioether (sulfide) groups is 1. The van der Waals surface area contributed by atoms with Crippen molar-refractivity contribution < 1.29 is 9.53 Å². The van der Waals surface area contributed by atoms with Gasteiger partial charge in [0.1, 0.15) is 5.75 Å². The minimum atomic E-state index is -0.0364. The quantitative estimate of drug-likeness (QED) is 0.253. The van der Waals surface area contributed by atoms with Crippen molar-refractivity contribution in [2.24, 2.45) is 23.2 Å². The van der Waals surface area contributed by atoms with Crippen molar-refractivity contribution in [3.63, 3.8) is 0 Å². The molecule has 0 N–H and O–H groups in total. The van der Waals surface area contributed by atoms with Crippen LogP contribution in [0.2, 0.25) is 0 Å². The van der Waals surface area contributed by atoms with Gasteiger partial charge in [0.25, 0.3) is 0 Å². The Balaban J connectivity index is 1.09. The standard InChI is InChI=1S/C44H51NO2S/c1-28-8-6-9-29(2)41(28)48-42-35(26-43(3,4)27-39(42)46)13-11-30-12-15-38-34(21-30)10-7-17-45(38)36-14-16-40(47-5)37(22-36)44-23-31-18-32(24-44)20-33(19-31)25-44/h6,8-9,11-16,21-22,31-33H,7,10,17-20,23-27H2,1-5H3/b13-11+. The van der Waals surface area contributed by atoms with Crippen LogP contribution in [0.5, 0.6) is 5.75 Å². The van der Waals surface area contributed by atoms with E-state index in [0.29, 0.717) is 11.8 Å². The van der Waals surface area contributed by atoms with Gasteiger partial charge in [-0.25, -0.2) is 0 Å². The molecule has 0 atom stereocenters. The van der Waals surface area contributed by atoms with Crippen LogP contribution >= 0.6 is 11.8 Å². The van der Waals surface area contributed by atoms with Gasteiger partial charge in [-0.05, 0) is 158 Å². The molecule has 0 amide bonds. The summed E-state index contributed by atoms with van der Waals surface area (Å²) in [5.41, 5.74) is 10.6. The highest BCUT2D eigenvalue weighted by Crippen LogP contribution is 2.62. The van der Waals surface area contributed by atoms with Crippen molar-refractivity contribution in [2.75, 3.05) is 18.6 Å². The molecule has 4 saturated carbocycles. The maximum atomic E-state index is 13.5. The first-order chi connectivity index (χ1) is 23.1. The van der Waals surface area contributed by atoms with E-state index >= 15 is 0 Å². The number of benzene rings is 3. The largest absolute Gasteiger partial charge is 0.496 e. The zero-order valence-corrected chi connectivity index (χ0v) is 30.3. The number of hydrogen-bond donors (Lipinski definition) is 0. The van der Waals surface area contributed by atoms with E-state index < -0.39 is 0 Å². The highest BCUT2D eigenvalue weighted by Gasteiger charge is 2.52. The van der Waals surface area contributed by atoms with Crippen LogP contribution in [0.1, 0.15) is 99.5 Å². The lowest BCUT2D eigenvalue weighted by Crippen LogP contribution is -2.48. The first-order valence-electron chi connectivity index (χ1n) is 18.4. The molecule has 0 saturated heterocycles. The van der Waals surface area contributed by atoms with Crippen LogP contribution in [0.25, 0.3) is 6.08 Å². The molecule has 0 radical (unpaired) electrons. The van der Waals surface area contributed by atoms with E-state index in [1.54, 1.807) is 11.8 Å². The number of ether oxygens (including phenoxy) is 1. The molecule has 4 bridgehead atoms. The molecule has 3 aromatic rings. The van der Waals surface area contributed by atoms with Gasteiger partial charge >= 0.3 is 0 Å². The van der Waals surface area contributed by atoms with E-state index in [1.807, 2.05) is 7.11 Å². The van der Waals surface area contributed by atoms with E-state index in [1.165, 1.54) is 88.2 Å². The molecule has 0 spiro atoms. The maximum Gasteiger partial charge on any atom is 0.170 e. The second-order valence-electron chi connectivity index (χ2n) is 16.7. The highest BCUT2D eigenvalue weighted by atomic mass is 32.2. The number of rotatable bonds is 7. The van der Waals surface area contributed by atoms with Crippen molar-refractivity contribution >= 4 is 35.0 Å². The molecule has 3 nitrogen and oxygen atoms in total. The van der Waals surface area contributed by atoms with Gasteiger partial charge in [-0.1, -0.05) is 62.0 Å². The van der Waals surface area contributed by atoms with Crippen LogP contribution in [-0.2, 0) is 16.6 Å². The fourth-order valence-electron chi connectivity index (χ4n) is 10.6. The topological polar surface area (TPSA) is 29.5 Å². The molecular formula is C44H51NO2S. The van der Waals surface area contributed by atoms with E-state index in [9.17, 15) is 4.79 Å². The highest BCUT2D eigenvalue weighted by molar-refractivity contribution is 8.04. The van der Waals surface area contributed by atoms with Crippen molar-refractivity contribution in [1.29, 1.82) is 0 Å². The Morgan fingerprint density at radius 2 is 1.58 bits per heavy atom. The zero-order valence-electron chi connectivity index (χ0n) is 29.5. The Labute approximate surface area is 292 Å². The number of carbonyl (C=O) groups excluding carboxylic acids is 1. The summed E-state index contributed by atoms with van der Waals surface area (Å²) in [6, 6.07) is 20.4. The Bertz CT molecular complexity index is 1770. The normalized spacial score (nSPS) is 27.6.